The molecule has 1 N–H and O–H groups in total. The number of nitrogens with one attached hydrogen (secondary N) is 1. The molecule has 1 aliphatic heterocycles. The van der Waals surface area contributed by atoms with Gasteiger partial charge in [0.1, 0.15) is 5.75 Å². The molecule has 0 aromatic heterocycles. The number of carbonyl (C=O) groups excluding carboxylic acids is 1. The van der Waals surface area contributed by atoms with Crippen molar-refractivity contribution in [3.63, 3.8) is 0 Å². The number of ether oxygens (including phenoxy) is 1. The third-order valence-electron chi connectivity index (χ3n) is 5.83. The van der Waals surface area contributed by atoms with Crippen LogP contribution in [-0.2, 0) is 4.79 Å². The van der Waals surface area contributed by atoms with E-state index >= 15 is 0 Å². The van der Waals surface area contributed by atoms with Crippen LogP contribution in [0.5, 0.6) is 5.75 Å². The fraction of sp³-hybridized carbons (Fsp3) is 0.320. The van der Waals surface area contributed by atoms with Crippen molar-refractivity contribution in [3.05, 3.63) is 72.3 Å². The Kier molecular flexibility index (Phi) is 6.19. The van der Waals surface area contributed by atoms with Crippen molar-refractivity contribution in [2.24, 2.45) is 0 Å². The molecule has 1 aliphatic rings. The zero-order valence-electron chi connectivity index (χ0n) is 17.7. The van der Waals surface area contributed by atoms with Crippen molar-refractivity contribution in [3.8, 4) is 5.75 Å². The van der Waals surface area contributed by atoms with Gasteiger partial charge in [0.15, 0.2) is 0 Å². The molecule has 3 aromatic carbocycles. The molecular formula is C25H29N3O2. The molecule has 30 heavy (non-hydrogen) atoms. The van der Waals surface area contributed by atoms with E-state index in [1.54, 1.807) is 7.11 Å². The van der Waals surface area contributed by atoms with E-state index < -0.39 is 0 Å². The number of amides is 1. The van der Waals surface area contributed by atoms with Crippen molar-refractivity contribution in [1.29, 1.82) is 0 Å². The summed E-state index contributed by atoms with van der Waals surface area (Å²) in [6.07, 6.45) is 0. The number of carbonyl (C=O) groups is 1. The third kappa shape index (κ3) is 4.41. The highest BCUT2D eigenvalue weighted by Crippen LogP contribution is 2.28. The Morgan fingerprint density at radius 3 is 2.47 bits per heavy atom. The normalized spacial score (nSPS) is 15.7. The minimum Gasteiger partial charge on any atom is -0.495 e. The summed E-state index contributed by atoms with van der Waals surface area (Å²) >= 11 is 0. The second-order valence-electron chi connectivity index (χ2n) is 7.79. The summed E-state index contributed by atoms with van der Waals surface area (Å²) in [5, 5.41) is 5.57. The molecule has 1 atom stereocenters. The van der Waals surface area contributed by atoms with Crippen LogP contribution in [0, 0.1) is 0 Å². The number of methoxy groups -OCH3 is 1. The Balaban J connectivity index is 1.33. The lowest BCUT2D eigenvalue weighted by atomic mass is 10.00. The lowest BCUT2D eigenvalue weighted by Gasteiger charge is -2.36. The Labute approximate surface area is 178 Å². The first-order valence-electron chi connectivity index (χ1n) is 10.5. The zero-order valence-corrected chi connectivity index (χ0v) is 17.7. The van der Waals surface area contributed by atoms with Gasteiger partial charge in [-0.3, -0.25) is 9.69 Å². The van der Waals surface area contributed by atoms with Gasteiger partial charge in [0.05, 0.1) is 25.4 Å². The second-order valence-corrected chi connectivity index (χ2v) is 7.79. The maximum absolute atomic E-state index is 12.7. The highest BCUT2D eigenvalue weighted by molar-refractivity contribution is 5.87. The number of para-hydroxylation sites is 2. The Bertz CT molecular complexity index is 1010. The van der Waals surface area contributed by atoms with Gasteiger partial charge in [-0.1, -0.05) is 54.6 Å². The smallest absolute Gasteiger partial charge is 0.234 e. The standard InChI is InChI=1S/C25H29N3O2/c1-19(21-11-7-9-20-8-3-4-10-22(20)21)26-25(29)18-27-14-16-28(17-15-27)23-12-5-6-13-24(23)30-2/h3-13,19H,14-18H2,1-2H3,(H,26,29)/t19-/m1/s1. The maximum Gasteiger partial charge on any atom is 0.234 e. The summed E-state index contributed by atoms with van der Waals surface area (Å²) in [6, 6.07) is 22.6. The van der Waals surface area contributed by atoms with Gasteiger partial charge < -0.3 is 15.0 Å². The van der Waals surface area contributed by atoms with E-state index in [4.69, 9.17) is 4.74 Å². The number of fused-ring (bicyclic) bond motifs is 1. The molecule has 1 saturated heterocycles. The first-order chi connectivity index (χ1) is 14.7. The maximum atomic E-state index is 12.7. The van der Waals surface area contributed by atoms with E-state index in [0.717, 1.165) is 43.2 Å². The van der Waals surface area contributed by atoms with Gasteiger partial charge >= 0.3 is 0 Å². The van der Waals surface area contributed by atoms with E-state index in [1.165, 1.54) is 10.8 Å². The average Bonchev–Trinajstić information content (AvgIpc) is 2.79. The predicted molar refractivity (Wildman–Crippen MR) is 122 cm³/mol. The van der Waals surface area contributed by atoms with Crippen LogP contribution < -0.4 is 15.0 Å². The summed E-state index contributed by atoms with van der Waals surface area (Å²) < 4.78 is 5.49. The molecule has 1 amide bonds. The summed E-state index contributed by atoms with van der Waals surface area (Å²) in [5.41, 5.74) is 2.27. The molecule has 0 saturated carbocycles. The largest absolute Gasteiger partial charge is 0.495 e. The lowest BCUT2D eigenvalue weighted by molar-refractivity contribution is -0.123. The highest BCUT2D eigenvalue weighted by atomic mass is 16.5. The second kappa shape index (κ2) is 9.18. The molecule has 0 spiro atoms. The zero-order chi connectivity index (χ0) is 20.9. The van der Waals surface area contributed by atoms with Crippen molar-refractivity contribution in [2.45, 2.75) is 13.0 Å². The third-order valence-corrected chi connectivity index (χ3v) is 5.83. The molecule has 0 radical (unpaired) electrons. The summed E-state index contributed by atoms with van der Waals surface area (Å²) in [6.45, 7) is 5.95. The fourth-order valence-electron chi connectivity index (χ4n) is 4.23. The first kappa shape index (κ1) is 20.2. The highest BCUT2D eigenvalue weighted by Gasteiger charge is 2.22. The monoisotopic (exact) mass is 403 g/mol. The summed E-state index contributed by atoms with van der Waals surface area (Å²) in [5.74, 6) is 0.966. The Morgan fingerprint density at radius 1 is 0.967 bits per heavy atom. The molecule has 0 bridgehead atoms. The molecule has 156 valence electrons. The van der Waals surface area contributed by atoms with Gasteiger partial charge in [-0.25, -0.2) is 0 Å². The number of piperazine rings is 1. The van der Waals surface area contributed by atoms with E-state index in [9.17, 15) is 4.79 Å². The number of nitrogens with zero attached hydrogens (tertiary/aromatic N) is 2. The Hall–Kier alpha value is -3.05. The van der Waals surface area contributed by atoms with Crippen LogP contribution in [0.2, 0.25) is 0 Å². The van der Waals surface area contributed by atoms with Gasteiger partial charge in [0.2, 0.25) is 5.91 Å². The molecule has 0 aliphatic carbocycles. The van der Waals surface area contributed by atoms with E-state index in [0.29, 0.717) is 6.54 Å². The minimum absolute atomic E-state index is 0.0292. The fourth-order valence-corrected chi connectivity index (χ4v) is 4.23. The SMILES string of the molecule is COc1ccccc1N1CCN(CC(=O)N[C@H](C)c2cccc3ccccc23)CC1. The van der Waals surface area contributed by atoms with Gasteiger partial charge in [0.25, 0.3) is 0 Å². The lowest BCUT2D eigenvalue weighted by Crippen LogP contribution is -2.49. The molecule has 1 heterocycles. The van der Waals surface area contributed by atoms with Crippen LogP contribution in [0.4, 0.5) is 5.69 Å². The van der Waals surface area contributed by atoms with Crippen molar-refractivity contribution in [2.75, 3.05) is 44.7 Å². The predicted octanol–water partition coefficient (Wildman–Crippen LogP) is 3.85. The van der Waals surface area contributed by atoms with Crippen molar-refractivity contribution < 1.29 is 9.53 Å². The quantitative estimate of drug-likeness (QED) is 0.679. The van der Waals surface area contributed by atoms with Gasteiger partial charge in [0, 0.05) is 26.2 Å². The van der Waals surface area contributed by atoms with Crippen LogP contribution in [0.1, 0.15) is 18.5 Å². The van der Waals surface area contributed by atoms with Crippen LogP contribution in [0.15, 0.2) is 66.7 Å². The van der Waals surface area contributed by atoms with Crippen LogP contribution in [0.3, 0.4) is 0 Å². The van der Waals surface area contributed by atoms with Crippen molar-refractivity contribution >= 4 is 22.4 Å². The summed E-state index contributed by atoms with van der Waals surface area (Å²) in [7, 11) is 1.70. The molecule has 5 heteroatoms. The van der Waals surface area contributed by atoms with Gasteiger partial charge in [-0.05, 0) is 35.4 Å². The molecule has 0 unspecified atom stereocenters. The molecular weight excluding hydrogens is 374 g/mol. The number of hydrogen-bond donors (Lipinski definition) is 1. The molecule has 1 fully saturated rings. The van der Waals surface area contributed by atoms with E-state index in [-0.39, 0.29) is 11.9 Å². The average molecular weight is 404 g/mol. The number of benzene rings is 3. The van der Waals surface area contributed by atoms with Gasteiger partial charge in [-0.15, -0.1) is 0 Å². The number of hydrogen-bond acceptors (Lipinski definition) is 4. The summed E-state index contributed by atoms with van der Waals surface area (Å²) in [4.78, 5) is 17.2. The number of anilines is 1. The first-order valence-corrected chi connectivity index (χ1v) is 10.5. The molecule has 3 aromatic rings. The van der Waals surface area contributed by atoms with Gasteiger partial charge in [-0.2, -0.15) is 0 Å². The van der Waals surface area contributed by atoms with E-state index in [1.807, 2.05) is 30.3 Å². The molecule has 4 rings (SSSR count). The van der Waals surface area contributed by atoms with E-state index in [2.05, 4.69) is 58.4 Å². The Morgan fingerprint density at radius 2 is 1.67 bits per heavy atom. The number of rotatable bonds is 6. The minimum atomic E-state index is -0.0292. The van der Waals surface area contributed by atoms with Crippen LogP contribution >= 0.6 is 0 Å². The molecule has 5 nitrogen and oxygen atoms in total. The van der Waals surface area contributed by atoms with Crippen molar-refractivity contribution in [1.82, 2.24) is 10.2 Å². The van der Waals surface area contributed by atoms with Crippen LogP contribution in [-0.4, -0.2) is 50.6 Å². The van der Waals surface area contributed by atoms with Crippen LogP contribution in [0.25, 0.3) is 10.8 Å². The topological polar surface area (TPSA) is 44.8 Å².